The molecule has 1 fully saturated rings. The van der Waals surface area contributed by atoms with Crippen LogP contribution in [0.3, 0.4) is 0 Å². The molecule has 0 aromatic rings. The lowest BCUT2D eigenvalue weighted by Crippen LogP contribution is -2.36. The van der Waals surface area contributed by atoms with Gasteiger partial charge >= 0.3 is 0 Å². The fourth-order valence-electron chi connectivity index (χ4n) is 1.06. The van der Waals surface area contributed by atoms with Gasteiger partial charge in [-0.2, -0.15) is 5.26 Å². The molecule has 0 radical (unpaired) electrons. The molecule has 0 aliphatic heterocycles. The molecule has 1 amide bonds. The van der Waals surface area contributed by atoms with Crippen molar-refractivity contribution in [2.45, 2.75) is 31.2 Å². The summed E-state index contributed by atoms with van der Waals surface area (Å²) in [6.07, 6.45) is -1.18. The fraction of sp³-hybridized carbons (Fsp3) is 0.778. The molecule has 15 heavy (non-hydrogen) atoms. The molecule has 1 aliphatic rings. The van der Waals surface area contributed by atoms with Gasteiger partial charge in [-0.25, -0.2) is 8.78 Å². The quantitative estimate of drug-likeness (QED) is 0.672. The lowest BCUT2D eigenvalue weighted by molar-refractivity contribution is -0.123. The Morgan fingerprint density at radius 2 is 2.27 bits per heavy atom. The number of nitriles is 1. The van der Waals surface area contributed by atoms with Crippen molar-refractivity contribution >= 4 is 5.91 Å². The number of ether oxygens (including phenoxy) is 1. The van der Waals surface area contributed by atoms with Crippen molar-refractivity contribution in [1.29, 1.82) is 5.26 Å². The predicted molar refractivity (Wildman–Crippen MR) is 47.2 cm³/mol. The highest BCUT2D eigenvalue weighted by atomic mass is 19.3. The maximum atomic E-state index is 11.6. The summed E-state index contributed by atoms with van der Waals surface area (Å²) in [6.45, 7) is -0.700. The zero-order chi connectivity index (χ0) is 11.3. The van der Waals surface area contributed by atoms with Crippen LogP contribution in [-0.4, -0.2) is 31.1 Å². The van der Waals surface area contributed by atoms with Crippen molar-refractivity contribution in [3.8, 4) is 6.07 Å². The van der Waals surface area contributed by atoms with E-state index < -0.39 is 18.6 Å². The zero-order valence-electron chi connectivity index (χ0n) is 8.13. The molecule has 1 N–H and O–H groups in total. The van der Waals surface area contributed by atoms with Crippen molar-refractivity contribution in [3.63, 3.8) is 0 Å². The van der Waals surface area contributed by atoms with Crippen LogP contribution in [0.4, 0.5) is 8.78 Å². The molecule has 4 nitrogen and oxygen atoms in total. The minimum absolute atomic E-state index is 0.0101. The van der Waals surface area contributed by atoms with Crippen LogP contribution in [0.5, 0.6) is 0 Å². The molecule has 84 valence electrons. The normalized spacial score (nSPS) is 17.2. The highest BCUT2D eigenvalue weighted by Crippen LogP contribution is 2.34. The number of nitrogens with one attached hydrogen (secondary N) is 1. The molecule has 1 saturated carbocycles. The summed E-state index contributed by atoms with van der Waals surface area (Å²) in [6, 6.07) is 2.00. The van der Waals surface area contributed by atoms with Gasteiger partial charge in [-0.15, -0.1) is 0 Å². The number of amides is 1. The summed E-state index contributed by atoms with van der Waals surface area (Å²) in [5.74, 6) is -0.330. The molecule has 1 rings (SSSR count). The number of carbonyl (C=O) groups is 1. The summed E-state index contributed by atoms with van der Waals surface area (Å²) >= 11 is 0. The Balaban J connectivity index is 2.07. The van der Waals surface area contributed by atoms with Crippen molar-refractivity contribution in [3.05, 3.63) is 0 Å². The first-order valence-electron chi connectivity index (χ1n) is 4.66. The lowest BCUT2D eigenvalue weighted by Gasteiger charge is -2.08. The van der Waals surface area contributed by atoms with Crippen molar-refractivity contribution in [1.82, 2.24) is 5.32 Å². The van der Waals surface area contributed by atoms with E-state index in [2.05, 4.69) is 10.1 Å². The number of hydrogen-bond acceptors (Lipinski definition) is 3. The topological polar surface area (TPSA) is 62.1 Å². The number of rotatable bonds is 6. The largest absolute Gasteiger partial charge is 0.375 e. The third-order valence-electron chi connectivity index (χ3n) is 2.06. The minimum Gasteiger partial charge on any atom is -0.375 e. The van der Waals surface area contributed by atoms with Gasteiger partial charge in [-0.1, -0.05) is 0 Å². The summed E-state index contributed by atoms with van der Waals surface area (Å²) in [5, 5.41) is 11.2. The Morgan fingerprint density at radius 3 is 2.73 bits per heavy atom. The predicted octanol–water partition coefficient (Wildman–Crippen LogP) is 0.831. The fourth-order valence-corrected chi connectivity index (χ4v) is 1.06. The van der Waals surface area contributed by atoms with Crippen LogP contribution < -0.4 is 5.32 Å². The lowest BCUT2D eigenvalue weighted by atomic mass is 10.3. The molecule has 0 aromatic carbocycles. The van der Waals surface area contributed by atoms with E-state index in [-0.39, 0.29) is 18.9 Å². The number of hydrogen-bond donors (Lipinski definition) is 1. The zero-order valence-corrected chi connectivity index (χ0v) is 8.13. The Hall–Kier alpha value is -1.22. The SMILES string of the molecule is N#CC1(NC(=O)CCOCC(F)F)CC1. The van der Waals surface area contributed by atoms with Crippen LogP contribution in [0.2, 0.25) is 0 Å². The third kappa shape index (κ3) is 4.21. The van der Waals surface area contributed by atoms with Crippen LogP contribution in [0.15, 0.2) is 0 Å². The van der Waals surface area contributed by atoms with Crippen LogP contribution in [-0.2, 0) is 9.53 Å². The van der Waals surface area contributed by atoms with E-state index in [1.54, 1.807) is 0 Å². The first-order chi connectivity index (χ1) is 7.08. The van der Waals surface area contributed by atoms with Crippen LogP contribution >= 0.6 is 0 Å². The van der Waals surface area contributed by atoms with Gasteiger partial charge in [0.15, 0.2) is 0 Å². The van der Waals surface area contributed by atoms with Crippen molar-refractivity contribution in [2.24, 2.45) is 0 Å². The van der Waals surface area contributed by atoms with E-state index in [4.69, 9.17) is 5.26 Å². The molecule has 0 aromatic heterocycles. The Kier molecular flexibility index (Phi) is 3.97. The average molecular weight is 218 g/mol. The van der Waals surface area contributed by atoms with Gasteiger partial charge in [0.05, 0.1) is 19.1 Å². The van der Waals surface area contributed by atoms with Crippen molar-refractivity contribution in [2.75, 3.05) is 13.2 Å². The van der Waals surface area contributed by atoms with Gasteiger partial charge in [0, 0.05) is 0 Å². The molecule has 6 heteroatoms. The van der Waals surface area contributed by atoms with Gasteiger partial charge in [0.2, 0.25) is 5.91 Å². The molecule has 0 spiro atoms. The smallest absolute Gasteiger partial charge is 0.261 e. The maximum absolute atomic E-state index is 11.6. The Morgan fingerprint density at radius 1 is 1.60 bits per heavy atom. The van der Waals surface area contributed by atoms with Crippen molar-refractivity contribution < 1.29 is 18.3 Å². The van der Waals surface area contributed by atoms with Gasteiger partial charge in [0.1, 0.15) is 12.1 Å². The standard InChI is InChI=1S/C9H12F2N2O2/c10-7(11)5-15-4-1-8(14)13-9(6-12)2-3-9/h7H,1-5H2,(H,13,14). The maximum Gasteiger partial charge on any atom is 0.261 e. The highest BCUT2D eigenvalue weighted by Gasteiger charge is 2.44. The third-order valence-corrected chi connectivity index (χ3v) is 2.06. The summed E-state index contributed by atoms with van der Waals surface area (Å²) in [7, 11) is 0. The summed E-state index contributed by atoms with van der Waals surface area (Å²) < 4.78 is 27.8. The monoisotopic (exact) mass is 218 g/mol. The molecule has 0 atom stereocenters. The average Bonchev–Trinajstić information content (AvgIpc) is 2.93. The Bertz CT molecular complexity index is 272. The van der Waals surface area contributed by atoms with E-state index >= 15 is 0 Å². The van der Waals surface area contributed by atoms with E-state index in [0.717, 1.165) is 0 Å². The molecule has 0 bridgehead atoms. The molecule has 0 unspecified atom stereocenters. The number of alkyl halides is 2. The van der Waals surface area contributed by atoms with Crippen LogP contribution in [0.1, 0.15) is 19.3 Å². The molecule has 1 aliphatic carbocycles. The second-order valence-electron chi connectivity index (χ2n) is 3.46. The first kappa shape index (κ1) is 11.9. The number of carbonyl (C=O) groups excluding carboxylic acids is 1. The van der Waals surface area contributed by atoms with E-state index in [9.17, 15) is 13.6 Å². The van der Waals surface area contributed by atoms with Gasteiger partial charge < -0.3 is 10.1 Å². The number of nitrogens with zero attached hydrogens (tertiary/aromatic N) is 1. The van der Waals surface area contributed by atoms with E-state index in [1.807, 2.05) is 6.07 Å². The first-order valence-corrected chi connectivity index (χ1v) is 4.66. The second kappa shape index (κ2) is 5.03. The second-order valence-corrected chi connectivity index (χ2v) is 3.46. The van der Waals surface area contributed by atoms with E-state index in [0.29, 0.717) is 12.8 Å². The molecule has 0 heterocycles. The summed E-state index contributed by atoms with van der Waals surface area (Å²) in [4.78, 5) is 11.2. The minimum atomic E-state index is -2.51. The van der Waals surface area contributed by atoms with Gasteiger partial charge in [-0.3, -0.25) is 4.79 Å². The Labute approximate surface area is 86.2 Å². The highest BCUT2D eigenvalue weighted by molar-refractivity contribution is 5.78. The number of halogens is 2. The van der Waals surface area contributed by atoms with Gasteiger partial charge in [-0.05, 0) is 12.8 Å². The molecular formula is C9H12F2N2O2. The summed E-state index contributed by atoms with van der Waals surface area (Å²) in [5.41, 5.74) is -0.695. The van der Waals surface area contributed by atoms with Gasteiger partial charge in [0.25, 0.3) is 6.43 Å². The molecule has 0 saturated heterocycles. The molecular weight excluding hydrogens is 206 g/mol. The van der Waals surface area contributed by atoms with E-state index in [1.165, 1.54) is 0 Å². The van der Waals surface area contributed by atoms with Crippen LogP contribution in [0.25, 0.3) is 0 Å². The van der Waals surface area contributed by atoms with Crippen LogP contribution in [0, 0.1) is 11.3 Å².